The summed E-state index contributed by atoms with van der Waals surface area (Å²) < 4.78 is 30.4. The largest absolute Gasteiger partial charge is 0.466 e. The van der Waals surface area contributed by atoms with Crippen molar-refractivity contribution in [3.05, 3.63) is 0 Å². The Morgan fingerprint density at radius 1 is 0.438 bits per heavy atom. The summed E-state index contributed by atoms with van der Waals surface area (Å²) in [5.41, 5.74) is 0. The third kappa shape index (κ3) is 21.5. The second kappa shape index (κ2) is 28.7. The number of ether oxygens (including phenoxy) is 6. The van der Waals surface area contributed by atoms with E-state index in [1.165, 1.54) is 0 Å². The second-order valence-electron chi connectivity index (χ2n) is 10.8. The zero-order chi connectivity index (χ0) is 36.2. The van der Waals surface area contributed by atoms with Gasteiger partial charge in [0.05, 0.1) is 58.9 Å². The van der Waals surface area contributed by atoms with Gasteiger partial charge in [0.15, 0.2) is 0 Å². The maximum Gasteiger partial charge on any atom is 0.323 e. The van der Waals surface area contributed by atoms with Crippen LogP contribution >= 0.6 is 0 Å². The Kier molecular flexibility index (Phi) is 26.7. The molecule has 0 rings (SSSR count). The lowest BCUT2D eigenvalue weighted by Crippen LogP contribution is -2.43. The van der Waals surface area contributed by atoms with Crippen LogP contribution in [0.15, 0.2) is 0 Å². The summed E-state index contributed by atoms with van der Waals surface area (Å²) in [4.78, 5) is 73.6. The first-order chi connectivity index (χ1) is 23.1. The maximum atomic E-state index is 12.6. The van der Waals surface area contributed by atoms with Crippen molar-refractivity contribution >= 4 is 35.8 Å². The molecule has 278 valence electrons. The van der Waals surface area contributed by atoms with Crippen LogP contribution < -0.4 is 16.0 Å². The molecule has 0 aromatic heterocycles. The monoisotopic (exact) mass is 689 g/mol. The molecule has 0 heterocycles. The molecule has 0 amide bonds. The minimum Gasteiger partial charge on any atom is -0.466 e. The quantitative estimate of drug-likeness (QED) is 0.0586. The van der Waals surface area contributed by atoms with E-state index in [0.29, 0.717) is 38.9 Å². The van der Waals surface area contributed by atoms with Crippen LogP contribution in [-0.4, -0.2) is 113 Å². The molecule has 4 unspecified atom stereocenters. The van der Waals surface area contributed by atoms with Gasteiger partial charge in [0.1, 0.15) is 18.1 Å². The molecule has 3 N–H and O–H groups in total. The number of esters is 6. The standard InChI is InChI=1S/C33H59N3O12/c1-7-43-28(37)20-25(31(40)46-10-4)34-18-14-13-16-24(23-36-27(33(42)48-12-6)22-30(39)45-9-3)17-15-19-35-26(32(41)47-11-5)21-29(38)44-8-2/h24-27,34-36H,7-23H2,1-6H3. The normalized spacial score (nSPS) is 13.4. The van der Waals surface area contributed by atoms with Crippen molar-refractivity contribution in [2.45, 2.75) is 111 Å². The van der Waals surface area contributed by atoms with Crippen LogP contribution in [0, 0.1) is 5.92 Å². The van der Waals surface area contributed by atoms with Crippen molar-refractivity contribution in [1.82, 2.24) is 16.0 Å². The van der Waals surface area contributed by atoms with Gasteiger partial charge < -0.3 is 44.4 Å². The SMILES string of the molecule is CCOC(=O)CC(NCCCCC(CCCNC(CC(=O)OCC)C(=O)OCC)CNC(CC(=O)OCC)C(=O)OCC)C(=O)OCC. The first kappa shape index (κ1) is 44.7. The minimum absolute atomic E-state index is 0.0532. The fraction of sp³-hybridized carbons (Fsp3) is 0.818. The average molecular weight is 690 g/mol. The molecule has 0 aliphatic heterocycles. The highest BCUT2D eigenvalue weighted by molar-refractivity contribution is 5.84. The number of nitrogens with one attached hydrogen (secondary N) is 3. The van der Waals surface area contributed by atoms with Gasteiger partial charge in [-0.05, 0) is 92.8 Å². The predicted octanol–water partition coefficient (Wildman–Crippen LogP) is 1.98. The van der Waals surface area contributed by atoms with Crippen molar-refractivity contribution in [2.75, 3.05) is 59.3 Å². The molecule has 15 heteroatoms. The van der Waals surface area contributed by atoms with Crippen LogP contribution in [-0.2, 0) is 57.2 Å². The van der Waals surface area contributed by atoms with Crippen LogP contribution in [0.3, 0.4) is 0 Å². The highest BCUT2D eigenvalue weighted by atomic mass is 16.6. The Hall–Kier alpha value is -3.30. The minimum atomic E-state index is -0.878. The lowest BCUT2D eigenvalue weighted by atomic mass is 9.95. The van der Waals surface area contributed by atoms with Crippen LogP contribution in [0.2, 0.25) is 0 Å². The van der Waals surface area contributed by atoms with E-state index in [-0.39, 0.29) is 64.8 Å². The molecule has 15 nitrogen and oxygen atoms in total. The van der Waals surface area contributed by atoms with Gasteiger partial charge in [-0.2, -0.15) is 0 Å². The lowest BCUT2D eigenvalue weighted by molar-refractivity contribution is -0.152. The van der Waals surface area contributed by atoms with Gasteiger partial charge in [0, 0.05) is 0 Å². The Balaban J connectivity index is 5.42. The van der Waals surface area contributed by atoms with Crippen molar-refractivity contribution in [1.29, 1.82) is 0 Å². The molecule has 0 aliphatic rings. The van der Waals surface area contributed by atoms with E-state index in [1.54, 1.807) is 41.5 Å². The average Bonchev–Trinajstić information content (AvgIpc) is 3.03. The van der Waals surface area contributed by atoms with Crippen LogP contribution in [0.1, 0.15) is 92.9 Å². The van der Waals surface area contributed by atoms with Gasteiger partial charge in [0.25, 0.3) is 0 Å². The molecule has 0 aromatic rings. The molecule has 0 saturated carbocycles. The zero-order valence-corrected chi connectivity index (χ0v) is 29.7. The topological polar surface area (TPSA) is 194 Å². The van der Waals surface area contributed by atoms with Gasteiger partial charge in [-0.3, -0.25) is 28.8 Å². The third-order valence-corrected chi connectivity index (χ3v) is 7.00. The highest BCUT2D eigenvalue weighted by Crippen LogP contribution is 2.16. The fourth-order valence-corrected chi connectivity index (χ4v) is 4.76. The van der Waals surface area contributed by atoms with E-state index in [1.807, 2.05) is 0 Å². The summed E-state index contributed by atoms with van der Waals surface area (Å²) in [6.07, 6.45) is 3.03. The van der Waals surface area contributed by atoms with Gasteiger partial charge in [0.2, 0.25) is 0 Å². The lowest BCUT2D eigenvalue weighted by Gasteiger charge is -2.23. The van der Waals surface area contributed by atoms with Gasteiger partial charge in [-0.15, -0.1) is 0 Å². The Labute approximate surface area is 285 Å². The number of unbranched alkanes of at least 4 members (excludes halogenated alkanes) is 1. The molecule has 0 radical (unpaired) electrons. The summed E-state index contributed by atoms with van der Waals surface area (Å²) in [6, 6.07) is -2.54. The molecular weight excluding hydrogens is 630 g/mol. The molecule has 0 aliphatic carbocycles. The Bertz CT molecular complexity index is 949. The summed E-state index contributed by atoms with van der Waals surface area (Å²) in [5.74, 6) is -3.05. The predicted molar refractivity (Wildman–Crippen MR) is 176 cm³/mol. The highest BCUT2D eigenvalue weighted by Gasteiger charge is 2.26. The number of rotatable bonds is 29. The molecule has 0 fully saturated rings. The molecule has 4 atom stereocenters. The van der Waals surface area contributed by atoms with E-state index in [2.05, 4.69) is 16.0 Å². The van der Waals surface area contributed by atoms with Crippen LogP contribution in [0.5, 0.6) is 0 Å². The van der Waals surface area contributed by atoms with Crippen molar-refractivity contribution < 1.29 is 57.2 Å². The second-order valence-corrected chi connectivity index (χ2v) is 10.8. The van der Waals surface area contributed by atoms with E-state index in [0.717, 1.165) is 12.8 Å². The number of carbonyl (C=O) groups is 6. The van der Waals surface area contributed by atoms with E-state index >= 15 is 0 Å². The summed E-state index contributed by atoms with van der Waals surface area (Å²) in [6.45, 7) is 12.6. The Morgan fingerprint density at radius 3 is 1.15 bits per heavy atom. The number of hydrogen-bond acceptors (Lipinski definition) is 15. The van der Waals surface area contributed by atoms with E-state index in [9.17, 15) is 28.8 Å². The van der Waals surface area contributed by atoms with Gasteiger partial charge in [-0.25, -0.2) is 0 Å². The molecule has 0 spiro atoms. The van der Waals surface area contributed by atoms with Crippen molar-refractivity contribution in [3.63, 3.8) is 0 Å². The summed E-state index contributed by atoms with van der Waals surface area (Å²) >= 11 is 0. The summed E-state index contributed by atoms with van der Waals surface area (Å²) in [5, 5.41) is 9.38. The van der Waals surface area contributed by atoms with E-state index in [4.69, 9.17) is 28.4 Å². The van der Waals surface area contributed by atoms with Crippen molar-refractivity contribution in [3.8, 4) is 0 Å². The van der Waals surface area contributed by atoms with Crippen LogP contribution in [0.25, 0.3) is 0 Å². The smallest absolute Gasteiger partial charge is 0.323 e. The van der Waals surface area contributed by atoms with E-state index < -0.39 is 53.9 Å². The van der Waals surface area contributed by atoms with Gasteiger partial charge in [-0.1, -0.05) is 6.42 Å². The Morgan fingerprint density at radius 2 is 0.771 bits per heavy atom. The fourth-order valence-electron chi connectivity index (χ4n) is 4.76. The molecular formula is C33H59N3O12. The van der Waals surface area contributed by atoms with Crippen LogP contribution in [0.4, 0.5) is 0 Å². The number of carbonyl (C=O) groups excluding carboxylic acids is 6. The molecule has 48 heavy (non-hydrogen) atoms. The first-order valence-electron chi connectivity index (χ1n) is 17.2. The molecule has 0 bridgehead atoms. The van der Waals surface area contributed by atoms with Crippen molar-refractivity contribution in [2.24, 2.45) is 5.92 Å². The molecule has 0 aromatic carbocycles. The third-order valence-electron chi connectivity index (χ3n) is 7.00. The number of hydrogen-bond donors (Lipinski definition) is 3. The molecule has 0 saturated heterocycles. The zero-order valence-electron chi connectivity index (χ0n) is 29.7. The maximum absolute atomic E-state index is 12.6. The first-order valence-corrected chi connectivity index (χ1v) is 17.2. The summed E-state index contributed by atoms with van der Waals surface area (Å²) in [7, 11) is 0. The van der Waals surface area contributed by atoms with Gasteiger partial charge >= 0.3 is 35.8 Å².